The molecule has 2 unspecified atom stereocenters. The molecule has 2 heteroatoms. The molecular weight excluding hydrogens is 238 g/mol. The van der Waals surface area contributed by atoms with Gasteiger partial charge in [-0.2, -0.15) is 0 Å². The molecule has 0 amide bonds. The van der Waals surface area contributed by atoms with Crippen LogP contribution in [0.3, 0.4) is 0 Å². The summed E-state index contributed by atoms with van der Waals surface area (Å²) in [5.41, 5.74) is 9.85. The number of benzene rings is 1. The van der Waals surface area contributed by atoms with Crippen LogP contribution in [0.2, 0.25) is 0 Å². The maximum atomic E-state index is 6.40. The zero-order chi connectivity index (χ0) is 12.8. The van der Waals surface area contributed by atoms with E-state index in [-0.39, 0.29) is 0 Å². The van der Waals surface area contributed by atoms with E-state index in [4.69, 9.17) is 5.73 Å². The Morgan fingerprint density at radius 3 is 2.72 bits per heavy atom. The summed E-state index contributed by atoms with van der Waals surface area (Å²) < 4.78 is 0. The van der Waals surface area contributed by atoms with Crippen molar-refractivity contribution in [2.75, 3.05) is 0 Å². The Morgan fingerprint density at radius 1 is 1.22 bits per heavy atom. The minimum atomic E-state index is 0.314. The van der Waals surface area contributed by atoms with Crippen LogP contribution < -0.4 is 5.73 Å². The lowest BCUT2D eigenvalue weighted by Crippen LogP contribution is -2.38. The molecule has 1 fully saturated rings. The lowest BCUT2D eigenvalue weighted by Gasteiger charge is -2.26. The van der Waals surface area contributed by atoms with Crippen LogP contribution in [-0.4, -0.2) is 11.3 Å². The third kappa shape index (κ3) is 2.21. The number of hydrogen-bond acceptors (Lipinski definition) is 2. The van der Waals surface area contributed by atoms with Crippen molar-refractivity contribution in [2.45, 2.75) is 62.1 Å². The highest BCUT2D eigenvalue weighted by Crippen LogP contribution is 2.44. The molecule has 1 aromatic carbocycles. The van der Waals surface area contributed by atoms with Crippen molar-refractivity contribution in [3.8, 4) is 0 Å². The minimum Gasteiger partial charge on any atom is -0.326 e. The summed E-state index contributed by atoms with van der Waals surface area (Å²) in [7, 11) is 0. The molecule has 98 valence electrons. The summed E-state index contributed by atoms with van der Waals surface area (Å²) in [6.07, 6.45) is 6.40. The Morgan fingerprint density at radius 2 is 2.00 bits per heavy atom. The number of rotatable bonds is 2. The first-order valence-corrected chi connectivity index (χ1v) is 7.98. The molecule has 0 saturated heterocycles. The number of aryl methyl sites for hydroxylation is 2. The standard InChI is InChI=1S/C16H23NS/c1-16(2)9-8-14(15(16)17)18-13-7-6-11-4-3-5-12(11)10-13/h6-7,10,14-15H,3-5,8-9,17H2,1-2H3. The molecule has 0 spiro atoms. The summed E-state index contributed by atoms with van der Waals surface area (Å²) in [5, 5.41) is 0.597. The molecule has 1 nitrogen and oxygen atoms in total. The molecule has 2 aliphatic carbocycles. The van der Waals surface area contributed by atoms with Crippen molar-refractivity contribution in [3.05, 3.63) is 29.3 Å². The monoisotopic (exact) mass is 261 g/mol. The van der Waals surface area contributed by atoms with Gasteiger partial charge >= 0.3 is 0 Å². The quantitative estimate of drug-likeness (QED) is 0.876. The fraction of sp³-hybridized carbons (Fsp3) is 0.625. The predicted octanol–water partition coefficient (Wildman–Crippen LogP) is 3.78. The maximum absolute atomic E-state index is 6.40. The van der Waals surface area contributed by atoms with Crippen LogP contribution in [-0.2, 0) is 12.8 Å². The van der Waals surface area contributed by atoms with Crippen LogP contribution in [0, 0.1) is 5.41 Å². The minimum absolute atomic E-state index is 0.314. The summed E-state index contributed by atoms with van der Waals surface area (Å²) in [5.74, 6) is 0. The highest BCUT2D eigenvalue weighted by Gasteiger charge is 2.39. The highest BCUT2D eigenvalue weighted by atomic mass is 32.2. The first kappa shape index (κ1) is 12.6. The van der Waals surface area contributed by atoms with Crippen molar-refractivity contribution >= 4 is 11.8 Å². The van der Waals surface area contributed by atoms with Crippen molar-refractivity contribution in [3.63, 3.8) is 0 Å². The van der Waals surface area contributed by atoms with Gasteiger partial charge in [0.1, 0.15) is 0 Å². The van der Waals surface area contributed by atoms with E-state index >= 15 is 0 Å². The van der Waals surface area contributed by atoms with Gasteiger partial charge in [0.05, 0.1) is 0 Å². The molecule has 3 rings (SSSR count). The van der Waals surface area contributed by atoms with Crippen LogP contribution in [0.5, 0.6) is 0 Å². The molecule has 0 heterocycles. The lowest BCUT2D eigenvalue weighted by molar-refractivity contribution is 0.334. The normalized spacial score (nSPS) is 29.5. The van der Waals surface area contributed by atoms with Gasteiger partial charge in [-0.1, -0.05) is 19.9 Å². The third-order valence-corrected chi connectivity index (χ3v) is 6.09. The van der Waals surface area contributed by atoms with Gasteiger partial charge in [-0.3, -0.25) is 0 Å². The van der Waals surface area contributed by atoms with E-state index in [1.54, 1.807) is 11.1 Å². The van der Waals surface area contributed by atoms with E-state index < -0.39 is 0 Å². The van der Waals surface area contributed by atoms with Gasteiger partial charge in [-0.15, -0.1) is 11.8 Å². The molecule has 0 aliphatic heterocycles. The molecule has 1 saturated carbocycles. The largest absolute Gasteiger partial charge is 0.326 e. The molecule has 0 aromatic heterocycles. The smallest absolute Gasteiger partial charge is 0.0251 e. The van der Waals surface area contributed by atoms with Gasteiger partial charge in [-0.25, -0.2) is 0 Å². The van der Waals surface area contributed by atoms with E-state index in [0.29, 0.717) is 16.7 Å². The Balaban J connectivity index is 1.74. The Bertz CT molecular complexity index is 452. The topological polar surface area (TPSA) is 26.0 Å². The summed E-state index contributed by atoms with van der Waals surface area (Å²) in [4.78, 5) is 1.42. The summed E-state index contributed by atoms with van der Waals surface area (Å²) in [6.45, 7) is 4.61. The summed E-state index contributed by atoms with van der Waals surface area (Å²) >= 11 is 2.00. The van der Waals surface area contributed by atoms with E-state index in [0.717, 1.165) is 0 Å². The fourth-order valence-electron chi connectivity index (χ4n) is 3.29. The fourth-order valence-corrected chi connectivity index (χ4v) is 4.75. The molecule has 2 atom stereocenters. The number of hydrogen-bond donors (Lipinski definition) is 1. The SMILES string of the molecule is CC1(C)CCC(Sc2ccc3c(c2)CCC3)C1N. The number of nitrogens with two attached hydrogens (primary N) is 1. The van der Waals surface area contributed by atoms with E-state index in [1.165, 1.54) is 37.0 Å². The first-order valence-electron chi connectivity index (χ1n) is 7.10. The Hall–Kier alpha value is -0.470. The van der Waals surface area contributed by atoms with Gasteiger partial charge in [0.2, 0.25) is 0 Å². The first-order chi connectivity index (χ1) is 8.56. The molecule has 2 aliphatic rings. The number of fused-ring (bicyclic) bond motifs is 1. The van der Waals surface area contributed by atoms with Gasteiger partial charge in [-0.05, 0) is 60.8 Å². The average molecular weight is 261 g/mol. The third-order valence-electron chi connectivity index (χ3n) is 4.73. The molecular formula is C16H23NS. The molecule has 2 N–H and O–H groups in total. The second-order valence-electron chi connectivity index (χ2n) is 6.49. The lowest BCUT2D eigenvalue weighted by atomic mass is 9.88. The van der Waals surface area contributed by atoms with Crippen molar-refractivity contribution in [1.29, 1.82) is 0 Å². The van der Waals surface area contributed by atoms with Gasteiger partial charge in [0.15, 0.2) is 0 Å². The second-order valence-corrected chi connectivity index (χ2v) is 7.81. The Kier molecular flexibility index (Phi) is 3.19. The van der Waals surface area contributed by atoms with Crippen molar-refractivity contribution in [2.24, 2.45) is 11.1 Å². The highest BCUT2D eigenvalue weighted by molar-refractivity contribution is 8.00. The van der Waals surface area contributed by atoms with E-state index in [2.05, 4.69) is 32.0 Å². The molecule has 18 heavy (non-hydrogen) atoms. The average Bonchev–Trinajstić information content (AvgIpc) is 2.89. The predicted molar refractivity (Wildman–Crippen MR) is 79.1 cm³/mol. The zero-order valence-corrected chi connectivity index (χ0v) is 12.2. The maximum Gasteiger partial charge on any atom is 0.0251 e. The van der Waals surface area contributed by atoms with Crippen molar-refractivity contribution in [1.82, 2.24) is 0 Å². The van der Waals surface area contributed by atoms with Crippen LogP contribution >= 0.6 is 11.8 Å². The molecule has 0 radical (unpaired) electrons. The van der Waals surface area contributed by atoms with Crippen LogP contribution in [0.1, 0.15) is 44.2 Å². The van der Waals surface area contributed by atoms with Gasteiger partial charge in [0.25, 0.3) is 0 Å². The van der Waals surface area contributed by atoms with E-state index in [9.17, 15) is 0 Å². The Labute approximate surface area is 115 Å². The van der Waals surface area contributed by atoms with Gasteiger partial charge < -0.3 is 5.73 Å². The van der Waals surface area contributed by atoms with Crippen LogP contribution in [0.4, 0.5) is 0 Å². The van der Waals surface area contributed by atoms with Crippen molar-refractivity contribution < 1.29 is 0 Å². The van der Waals surface area contributed by atoms with Crippen LogP contribution in [0.15, 0.2) is 23.1 Å². The number of thioether (sulfide) groups is 1. The van der Waals surface area contributed by atoms with Crippen LogP contribution in [0.25, 0.3) is 0 Å². The summed E-state index contributed by atoms with van der Waals surface area (Å²) in [6, 6.07) is 7.37. The molecule has 0 bridgehead atoms. The van der Waals surface area contributed by atoms with E-state index in [1.807, 2.05) is 11.8 Å². The molecule has 1 aromatic rings. The zero-order valence-electron chi connectivity index (χ0n) is 11.4. The second kappa shape index (κ2) is 4.57. The van der Waals surface area contributed by atoms with Gasteiger partial charge in [0, 0.05) is 16.2 Å².